The topological polar surface area (TPSA) is 30.7 Å². The summed E-state index contributed by atoms with van der Waals surface area (Å²) in [6.07, 6.45) is 0. The molecular weight excluding hydrogens is 651 g/mol. The molecule has 0 amide bonds. The average Bonchev–Trinajstić information content (AvgIpc) is 3.75. The van der Waals surface area contributed by atoms with Crippen LogP contribution in [0.3, 0.4) is 0 Å². The number of hydrogen-bond donors (Lipinski definition) is 0. The number of benzene rings is 8. The fourth-order valence-corrected chi connectivity index (χ4v) is 9.20. The van der Waals surface area contributed by atoms with E-state index < -0.39 is 0 Å². The van der Waals surface area contributed by atoms with Crippen LogP contribution >= 0.6 is 11.3 Å². The lowest BCUT2D eigenvalue weighted by molar-refractivity contribution is 1.01. The molecule has 0 unspecified atom stereocenters. The maximum Gasteiger partial charge on any atom is 0.235 e. The number of aromatic nitrogens is 3. The maximum absolute atomic E-state index is 5.61. The second-order valence-electron chi connectivity index (χ2n) is 13.4. The Balaban J connectivity index is 1.30. The van der Waals surface area contributed by atoms with E-state index >= 15 is 0 Å². The van der Waals surface area contributed by atoms with Crippen molar-refractivity contribution >= 4 is 75.0 Å². The molecule has 3 heterocycles. The van der Waals surface area contributed by atoms with Gasteiger partial charge in [0, 0.05) is 41.9 Å². The van der Waals surface area contributed by atoms with Crippen LogP contribution in [0.25, 0.3) is 103 Å². The molecule has 3 nitrogen and oxygen atoms in total. The first-order valence-corrected chi connectivity index (χ1v) is 18.4. The van der Waals surface area contributed by atoms with E-state index in [-0.39, 0.29) is 0 Å². The third-order valence-corrected chi connectivity index (χ3v) is 11.6. The SMILES string of the molecule is c1ccc(-c2cc3nc(-n4c5ccccc5c5cc6ccccc6cc54)nc(-c4cccc5c4sc4ccccc45)c3cc2-c2ccccc2)cc1. The molecule has 4 heteroatoms. The lowest BCUT2D eigenvalue weighted by Crippen LogP contribution is -2.04. The molecule has 0 bridgehead atoms. The van der Waals surface area contributed by atoms with E-state index in [9.17, 15) is 0 Å². The summed E-state index contributed by atoms with van der Waals surface area (Å²) in [5, 5.41) is 8.33. The minimum atomic E-state index is 0.661. The summed E-state index contributed by atoms with van der Waals surface area (Å²) in [5.74, 6) is 0.661. The molecule has 52 heavy (non-hydrogen) atoms. The van der Waals surface area contributed by atoms with Gasteiger partial charge in [-0.3, -0.25) is 4.57 Å². The van der Waals surface area contributed by atoms with Crippen LogP contribution in [0.2, 0.25) is 0 Å². The maximum atomic E-state index is 5.61. The van der Waals surface area contributed by atoms with Crippen molar-refractivity contribution in [2.45, 2.75) is 0 Å². The second-order valence-corrected chi connectivity index (χ2v) is 14.4. The van der Waals surface area contributed by atoms with Crippen molar-refractivity contribution < 1.29 is 0 Å². The molecule has 0 aliphatic heterocycles. The Kier molecular flexibility index (Phi) is 6.42. The Morgan fingerprint density at radius 1 is 0.404 bits per heavy atom. The average molecular weight is 680 g/mol. The number of nitrogens with zero attached hydrogens (tertiary/aromatic N) is 3. The number of para-hydroxylation sites is 1. The summed E-state index contributed by atoms with van der Waals surface area (Å²) in [6.45, 7) is 0. The smallest absolute Gasteiger partial charge is 0.235 e. The van der Waals surface area contributed by atoms with Crippen LogP contribution in [-0.2, 0) is 0 Å². The normalized spacial score (nSPS) is 11.8. The molecule has 8 aromatic carbocycles. The highest BCUT2D eigenvalue weighted by Crippen LogP contribution is 2.44. The van der Waals surface area contributed by atoms with Crippen LogP contribution in [0.1, 0.15) is 0 Å². The molecule has 0 saturated heterocycles. The van der Waals surface area contributed by atoms with Crippen molar-refractivity contribution in [3.63, 3.8) is 0 Å². The van der Waals surface area contributed by atoms with Crippen LogP contribution in [-0.4, -0.2) is 14.5 Å². The zero-order chi connectivity index (χ0) is 34.2. The first kappa shape index (κ1) is 29.1. The van der Waals surface area contributed by atoms with Gasteiger partial charge in [-0.2, -0.15) is 0 Å². The third-order valence-electron chi connectivity index (χ3n) is 10.4. The van der Waals surface area contributed by atoms with E-state index in [0.717, 1.165) is 55.4 Å². The van der Waals surface area contributed by atoms with Crippen molar-refractivity contribution in [1.82, 2.24) is 14.5 Å². The summed E-state index contributed by atoms with van der Waals surface area (Å²) in [5.41, 5.74) is 9.74. The number of thiophene rings is 1. The van der Waals surface area contributed by atoms with Gasteiger partial charge < -0.3 is 0 Å². The minimum absolute atomic E-state index is 0.661. The zero-order valence-electron chi connectivity index (χ0n) is 28.0. The van der Waals surface area contributed by atoms with E-state index in [0.29, 0.717) is 5.95 Å². The fraction of sp³-hybridized carbons (Fsp3) is 0. The molecule has 0 radical (unpaired) electrons. The van der Waals surface area contributed by atoms with E-state index in [1.165, 1.54) is 41.7 Å². The Bertz CT molecular complexity index is 3180. The summed E-state index contributed by atoms with van der Waals surface area (Å²) < 4.78 is 4.77. The molecule has 11 rings (SSSR count). The van der Waals surface area contributed by atoms with Gasteiger partial charge in [0.25, 0.3) is 0 Å². The third kappa shape index (κ3) is 4.45. The summed E-state index contributed by atoms with van der Waals surface area (Å²) in [6, 6.07) is 63.1. The molecule has 0 N–H and O–H groups in total. The standard InChI is InChI=1S/C48H29N3S/c1-3-14-30(15-4-1)38-28-41-42(29-39(38)31-16-5-2-6-17-31)49-48(50-46(41)37-23-13-22-36-35-21-10-12-25-45(35)52-47(36)37)51-43-24-11-9-20-34(43)40-26-32-18-7-8-19-33(32)27-44(40)51/h1-29H. The van der Waals surface area contributed by atoms with Gasteiger partial charge in [-0.1, -0.05) is 140 Å². The van der Waals surface area contributed by atoms with Gasteiger partial charge in [0.1, 0.15) is 0 Å². The highest BCUT2D eigenvalue weighted by Gasteiger charge is 2.22. The number of rotatable bonds is 4. The van der Waals surface area contributed by atoms with Gasteiger partial charge >= 0.3 is 0 Å². The molecule has 0 saturated carbocycles. The van der Waals surface area contributed by atoms with Gasteiger partial charge in [0.2, 0.25) is 5.95 Å². The fourth-order valence-electron chi connectivity index (χ4n) is 7.99. The molecule has 0 atom stereocenters. The molecular formula is C48H29N3S. The van der Waals surface area contributed by atoms with Gasteiger partial charge in [-0.05, 0) is 69.4 Å². The Morgan fingerprint density at radius 3 is 1.83 bits per heavy atom. The van der Waals surface area contributed by atoms with Gasteiger partial charge in [0.05, 0.1) is 22.2 Å². The monoisotopic (exact) mass is 679 g/mol. The van der Waals surface area contributed by atoms with Crippen molar-refractivity contribution in [1.29, 1.82) is 0 Å². The lowest BCUT2D eigenvalue weighted by Gasteiger charge is -2.16. The van der Waals surface area contributed by atoms with E-state index in [4.69, 9.17) is 9.97 Å². The highest BCUT2D eigenvalue weighted by molar-refractivity contribution is 7.26. The predicted molar refractivity (Wildman–Crippen MR) is 221 cm³/mol. The zero-order valence-corrected chi connectivity index (χ0v) is 28.8. The predicted octanol–water partition coefficient (Wildman–Crippen LogP) is 13.2. The molecule has 0 fully saturated rings. The van der Waals surface area contributed by atoms with Crippen LogP contribution in [0.5, 0.6) is 0 Å². The first-order chi connectivity index (χ1) is 25.8. The van der Waals surface area contributed by atoms with Crippen molar-refractivity contribution in [2.24, 2.45) is 0 Å². The van der Waals surface area contributed by atoms with Crippen molar-refractivity contribution in [2.75, 3.05) is 0 Å². The largest absolute Gasteiger partial charge is 0.278 e. The van der Waals surface area contributed by atoms with Crippen LogP contribution in [0.15, 0.2) is 176 Å². The Hall–Kier alpha value is -6.62. The minimum Gasteiger partial charge on any atom is -0.278 e. The van der Waals surface area contributed by atoms with Gasteiger partial charge in [-0.15, -0.1) is 11.3 Å². The lowest BCUT2D eigenvalue weighted by atomic mass is 9.91. The number of hydrogen-bond acceptors (Lipinski definition) is 3. The molecule has 0 aliphatic carbocycles. The molecule has 11 aromatic rings. The summed E-state index contributed by atoms with van der Waals surface area (Å²) >= 11 is 1.83. The van der Waals surface area contributed by atoms with E-state index in [1.54, 1.807) is 0 Å². The van der Waals surface area contributed by atoms with E-state index in [2.05, 4.69) is 180 Å². The Morgan fingerprint density at radius 2 is 1.04 bits per heavy atom. The quantitative estimate of drug-likeness (QED) is 0.185. The second kappa shape index (κ2) is 11.5. The molecule has 0 aliphatic rings. The first-order valence-electron chi connectivity index (χ1n) is 17.6. The summed E-state index contributed by atoms with van der Waals surface area (Å²) in [4.78, 5) is 11.1. The van der Waals surface area contributed by atoms with Gasteiger partial charge in [-0.25, -0.2) is 9.97 Å². The highest BCUT2D eigenvalue weighted by atomic mass is 32.1. The van der Waals surface area contributed by atoms with Crippen molar-refractivity contribution in [3.8, 4) is 39.5 Å². The summed E-state index contributed by atoms with van der Waals surface area (Å²) in [7, 11) is 0. The van der Waals surface area contributed by atoms with Gasteiger partial charge in [0.15, 0.2) is 0 Å². The molecule has 3 aromatic heterocycles. The molecule has 242 valence electrons. The number of fused-ring (bicyclic) bond motifs is 8. The van der Waals surface area contributed by atoms with Crippen LogP contribution < -0.4 is 0 Å². The van der Waals surface area contributed by atoms with E-state index in [1.807, 2.05) is 11.3 Å². The van der Waals surface area contributed by atoms with Crippen LogP contribution in [0, 0.1) is 0 Å². The molecule has 0 spiro atoms. The van der Waals surface area contributed by atoms with Crippen LogP contribution in [0.4, 0.5) is 0 Å². The Labute approximate surface area is 303 Å². The van der Waals surface area contributed by atoms with Crippen molar-refractivity contribution in [3.05, 3.63) is 176 Å².